The van der Waals surface area contributed by atoms with Crippen molar-refractivity contribution in [2.45, 2.75) is 57.7 Å². The summed E-state index contributed by atoms with van der Waals surface area (Å²) < 4.78 is 40.3. The number of benzene rings is 2. The molecule has 1 aliphatic rings. The van der Waals surface area contributed by atoms with Crippen molar-refractivity contribution in [2.24, 2.45) is 0 Å². The minimum absolute atomic E-state index is 0.0648. The van der Waals surface area contributed by atoms with E-state index in [4.69, 9.17) is 11.6 Å². The number of nitrogens with zero attached hydrogens (tertiary/aromatic N) is 2. The second-order valence-electron chi connectivity index (χ2n) is 8.78. The monoisotopic (exact) mass is 523 g/mol. The molecule has 35 heavy (non-hydrogen) atoms. The minimum Gasteiger partial charge on any atom is -0.352 e. The summed E-state index contributed by atoms with van der Waals surface area (Å²) in [6, 6.07) is 11.5. The van der Waals surface area contributed by atoms with E-state index in [0.29, 0.717) is 11.4 Å². The largest absolute Gasteiger partial charge is 0.352 e. The van der Waals surface area contributed by atoms with E-state index < -0.39 is 34.3 Å². The Morgan fingerprint density at radius 2 is 1.74 bits per heavy atom. The molecule has 7 nitrogen and oxygen atoms in total. The summed E-state index contributed by atoms with van der Waals surface area (Å²) >= 11 is 5.99. The van der Waals surface area contributed by atoms with E-state index in [9.17, 15) is 22.4 Å². The molecule has 0 unspecified atom stereocenters. The molecule has 190 valence electrons. The third-order valence-corrected chi connectivity index (χ3v) is 7.53. The van der Waals surface area contributed by atoms with E-state index in [0.717, 1.165) is 47.9 Å². The number of carbonyl (C=O) groups excluding carboxylic acids is 2. The van der Waals surface area contributed by atoms with Gasteiger partial charge in [-0.3, -0.25) is 13.9 Å². The molecule has 0 heterocycles. The number of anilines is 1. The summed E-state index contributed by atoms with van der Waals surface area (Å²) in [5.74, 6) is -1.65. The molecule has 0 aromatic heterocycles. The lowest BCUT2D eigenvalue weighted by molar-refractivity contribution is -0.140. The molecule has 2 amide bonds. The lowest BCUT2D eigenvalue weighted by atomic mass is 10.1. The van der Waals surface area contributed by atoms with Crippen LogP contribution in [0.15, 0.2) is 48.5 Å². The maximum Gasteiger partial charge on any atom is 0.244 e. The second kappa shape index (κ2) is 11.9. The number of carbonyl (C=O) groups is 2. The van der Waals surface area contributed by atoms with Gasteiger partial charge in [0.1, 0.15) is 18.4 Å². The Labute approximate surface area is 211 Å². The van der Waals surface area contributed by atoms with Gasteiger partial charge in [-0.2, -0.15) is 0 Å². The van der Waals surface area contributed by atoms with Crippen molar-refractivity contribution in [2.75, 3.05) is 17.1 Å². The smallest absolute Gasteiger partial charge is 0.244 e. The maximum absolute atomic E-state index is 14.5. The third-order valence-electron chi connectivity index (χ3n) is 6.15. The van der Waals surface area contributed by atoms with Crippen LogP contribution in [0.1, 0.15) is 44.6 Å². The number of para-hydroxylation sites is 1. The molecule has 2 aromatic carbocycles. The number of amides is 2. The Bertz CT molecular complexity index is 1140. The molecule has 1 N–H and O–H groups in total. The molecular formula is C25H31ClFN3O4S. The van der Waals surface area contributed by atoms with Crippen molar-refractivity contribution in [3.8, 4) is 0 Å². The normalized spacial score (nSPS) is 15.0. The first-order valence-corrected chi connectivity index (χ1v) is 13.9. The SMILES string of the molecule is CC[C@H](C(=O)NC1CCCC1)N(Cc1ccc(Cl)cc1)C(=O)CN(c1ccccc1F)S(C)(=O)=O. The number of hydrogen-bond donors (Lipinski definition) is 1. The van der Waals surface area contributed by atoms with Crippen LogP contribution in [0.5, 0.6) is 0 Å². The zero-order valence-electron chi connectivity index (χ0n) is 19.9. The molecular weight excluding hydrogens is 493 g/mol. The van der Waals surface area contributed by atoms with Gasteiger partial charge >= 0.3 is 0 Å². The molecule has 3 rings (SSSR count). The van der Waals surface area contributed by atoms with Crippen molar-refractivity contribution in [3.05, 3.63) is 64.9 Å². The van der Waals surface area contributed by atoms with Crippen LogP contribution in [0.4, 0.5) is 10.1 Å². The fourth-order valence-corrected chi connectivity index (χ4v) is 5.30. The predicted molar refractivity (Wildman–Crippen MR) is 135 cm³/mol. The van der Waals surface area contributed by atoms with E-state index in [-0.39, 0.29) is 24.2 Å². The van der Waals surface area contributed by atoms with E-state index >= 15 is 0 Å². The molecule has 0 bridgehead atoms. The number of halogens is 2. The molecule has 1 saturated carbocycles. The Kier molecular flexibility index (Phi) is 9.13. The Morgan fingerprint density at radius 3 is 2.31 bits per heavy atom. The molecule has 1 aliphatic carbocycles. The summed E-state index contributed by atoms with van der Waals surface area (Å²) in [5, 5.41) is 3.57. The van der Waals surface area contributed by atoms with Crippen molar-refractivity contribution in [1.29, 1.82) is 0 Å². The van der Waals surface area contributed by atoms with Crippen LogP contribution in [-0.2, 0) is 26.2 Å². The third kappa shape index (κ3) is 7.18. The highest BCUT2D eigenvalue weighted by Crippen LogP contribution is 2.23. The highest BCUT2D eigenvalue weighted by Gasteiger charge is 2.33. The molecule has 0 aliphatic heterocycles. The molecule has 2 aromatic rings. The van der Waals surface area contributed by atoms with Gasteiger partial charge in [-0.15, -0.1) is 0 Å². The van der Waals surface area contributed by atoms with Gasteiger partial charge in [0, 0.05) is 17.6 Å². The first kappa shape index (κ1) is 26.9. The van der Waals surface area contributed by atoms with Crippen molar-refractivity contribution in [1.82, 2.24) is 10.2 Å². The van der Waals surface area contributed by atoms with Gasteiger partial charge in [0.2, 0.25) is 21.8 Å². The topological polar surface area (TPSA) is 86.8 Å². The van der Waals surface area contributed by atoms with Crippen LogP contribution < -0.4 is 9.62 Å². The molecule has 0 radical (unpaired) electrons. The number of sulfonamides is 1. The van der Waals surface area contributed by atoms with Crippen LogP contribution in [0.2, 0.25) is 5.02 Å². The Morgan fingerprint density at radius 1 is 1.11 bits per heavy atom. The number of hydrogen-bond acceptors (Lipinski definition) is 4. The average Bonchev–Trinajstić information content (AvgIpc) is 3.31. The van der Waals surface area contributed by atoms with Gasteiger partial charge in [0.15, 0.2) is 0 Å². The lowest BCUT2D eigenvalue weighted by Crippen LogP contribution is -2.53. The summed E-state index contributed by atoms with van der Waals surface area (Å²) in [4.78, 5) is 28.2. The van der Waals surface area contributed by atoms with Crippen molar-refractivity contribution >= 4 is 39.1 Å². The van der Waals surface area contributed by atoms with E-state index in [1.807, 2.05) is 0 Å². The van der Waals surface area contributed by atoms with Crippen LogP contribution >= 0.6 is 11.6 Å². The summed E-state index contributed by atoms with van der Waals surface area (Å²) in [6.07, 6.45) is 5.12. The van der Waals surface area contributed by atoms with Crippen molar-refractivity contribution < 1.29 is 22.4 Å². The van der Waals surface area contributed by atoms with Gasteiger partial charge in [-0.1, -0.05) is 55.6 Å². The van der Waals surface area contributed by atoms with Crippen LogP contribution in [0.3, 0.4) is 0 Å². The summed E-state index contributed by atoms with van der Waals surface area (Å²) in [7, 11) is -3.99. The standard InChI is InChI=1S/C25H31ClFN3O4S/c1-3-22(25(32)28-20-8-4-5-9-20)29(16-18-12-14-19(26)15-13-18)24(31)17-30(35(2,33)34)23-11-7-6-10-21(23)27/h6-7,10-15,20,22H,3-5,8-9,16-17H2,1-2H3,(H,28,32)/t22-/m1/s1. The average molecular weight is 524 g/mol. The first-order valence-electron chi connectivity index (χ1n) is 11.7. The zero-order valence-corrected chi connectivity index (χ0v) is 21.5. The highest BCUT2D eigenvalue weighted by atomic mass is 35.5. The first-order chi connectivity index (χ1) is 16.6. The number of nitrogens with one attached hydrogen (secondary N) is 1. The van der Waals surface area contributed by atoms with Gasteiger partial charge in [-0.05, 0) is 49.1 Å². The molecule has 0 saturated heterocycles. The summed E-state index contributed by atoms with van der Waals surface area (Å²) in [5.41, 5.74) is 0.505. The van der Waals surface area contributed by atoms with Gasteiger partial charge in [-0.25, -0.2) is 12.8 Å². The predicted octanol–water partition coefficient (Wildman–Crippen LogP) is 4.11. The second-order valence-corrected chi connectivity index (χ2v) is 11.1. The van der Waals surface area contributed by atoms with Gasteiger partial charge in [0.05, 0.1) is 11.9 Å². The fourth-order valence-electron chi connectivity index (χ4n) is 4.32. The highest BCUT2D eigenvalue weighted by molar-refractivity contribution is 7.92. The number of rotatable bonds is 10. The minimum atomic E-state index is -3.99. The zero-order chi connectivity index (χ0) is 25.6. The molecule has 10 heteroatoms. The van der Waals surface area contributed by atoms with Gasteiger partial charge < -0.3 is 10.2 Å². The Balaban J connectivity index is 1.92. The van der Waals surface area contributed by atoms with Gasteiger partial charge in [0.25, 0.3) is 0 Å². The van der Waals surface area contributed by atoms with E-state index in [1.54, 1.807) is 31.2 Å². The molecule has 0 spiro atoms. The molecule has 1 fully saturated rings. The van der Waals surface area contributed by atoms with Crippen LogP contribution in [-0.4, -0.2) is 50.0 Å². The maximum atomic E-state index is 14.5. The van der Waals surface area contributed by atoms with Crippen LogP contribution in [0.25, 0.3) is 0 Å². The Hall–Kier alpha value is -2.65. The quantitative estimate of drug-likeness (QED) is 0.507. The van der Waals surface area contributed by atoms with E-state index in [1.165, 1.54) is 23.1 Å². The molecule has 1 atom stereocenters. The lowest BCUT2D eigenvalue weighted by Gasteiger charge is -2.33. The van der Waals surface area contributed by atoms with E-state index in [2.05, 4.69) is 5.32 Å². The van der Waals surface area contributed by atoms with Crippen LogP contribution in [0, 0.1) is 5.82 Å². The summed E-state index contributed by atoms with van der Waals surface area (Å²) in [6.45, 7) is 1.23. The fraction of sp³-hybridized carbons (Fsp3) is 0.440. The van der Waals surface area contributed by atoms with Crippen molar-refractivity contribution in [3.63, 3.8) is 0 Å².